The molecule has 21 heavy (non-hydrogen) atoms. The summed E-state index contributed by atoms with van der Waals surface area (Å²) in [4.78, 5) is 14.8. The van der Waals surface area contributed by atoms with E-state index < -0.39 is 0 Å². The average molecular weight is 355 g/mol. The summed E-state index contributed by atoms with van der Waals surface area (Å²) in [5.74, 6) is 0.744. The molecule has 1 amide bonds. The molecule has 1 aromatic carbocycles. The van der Waals surface area contributed by atoms with Crippen molar-refractivity contribution in [2.45, 2.75) is 38.8 Å². The zero-order valence-corrected chi connectivity index (χ0v) is 14.4. The van der Waals surface area contributed by atoms with Crippen LogP contribution in [0.3, 0.4) is 0 Å². The van der Waals surface area contributed by atoms with Gasteiger partial charge in [-0.05, 0) is 67.4 Å². The van der Waals surface area contributed by atoms with Crippen LogP contribution in [-0.2, 0) is 0 Å². The van der Waals surface area contributed by atoms with Gasteiger partial charge in [0.15, 0.2) is 0 Å². The highest BCUT2D eigenvalue weighted by Gasteiger charge is 2.25. The largest absolute Gasteiger partial charge is 0.497 e. The summed E-state index contributed by atoms with van der Waals surface area (Å²) in [6, 6.07) is 6.07. The Labute approximate surface area is 135 Å². The van der Waals surface area contributed by atoms with Gasteiger partial charge in [0, 0.05) is 23.1 Å². The third-order valence-electron chi connectivity index (χ3n) is 3.87. The average Bonchev–Trinajstić information content (AvgIpc) is 2.97. The zero-order valence-electron chi connectivity index (χ0n) is 12.9. The summed E-state index contributed by atoms with van der Waals surface area (Å²) in [5, 5.41) is 3.46. The Morgan fingerprint density at radius 3 is 2.86 bits per heavy atom. The van der Waals surface area contributed by atoms with Gasteiger partial charge in [-0.15, -0.1) is 0 Å². The maximum Gasteiger partial charge on any atom is 0.255 e. The zero-order chi connectivity index (χ0) is 15.4. The second kappa shape index (κ2) is 7.27. The summed E-state index contributed by atoms with van der Waals surface area (Å²) in [7, 11) is 1.61. The van der Waals surface area contributed by atoms with E-state index in [-0.39, 0.29) is 11.9 Å². The van der Waals surface area contributed by atoms with E-state index in [1.807, 2.05) is 17.0 Å². The Morgan fingerprint density at radius 1 is 1.52 bits per heavy atom. The van der Waals surface area contributed by atoms with Crippen LogP contribution in [0.1, 0.15) is 37.0 Å². The molecule has 1 aliphatic rings. The van der Waals surface area contributed by atoms with Crippen LogP contribution in [0.5, 0.6) is 5.75 Å². The molecule has 5 heteroatoms. The maximum atomic E-state index is 12.9. The van der Waals surface area contributed by atoms with Gasteiger partial charge in [0.2, 0.25) is 0 Å². The summed E-state index contributed by atoms with van der Waals surface area (Å²) in [6.45, 7) is 5.91. The summed E-state index contributed by atoms with van der Waals surface area (Å²) < 4.78 is 6.03. The van der Waals surface area contributed by atoms with Crippen LogP contribution in [-0.4, -0.2) is 43.1 Å². The lowest BCUT2D eigenvalue weighted by Crippen LogP contribution is -2.44. The van der Waals surface area contributed by atoms with Crippen molar-refractivity contribution in [2.24, 2.45) is 0 Å². The summed E-state index contributed by atoms with van der Waals surface area (Å²) >= 11 is 3.47. The molecule has 0 radical (unpaired) electrons. The molecule has 1 aromatic rings. The number of carbonyl (C=O) groups is 1. The molecule has 4 nitrogen and oxygen atoms in total. The molecule has 116 valence electrons. The number of hydrogen-bond donors (Lipinski definition) is 1. The number of carbonyl (C=O) groups excluding carboxylic acids is 1. The highest BCUT2D eigenvalue weighted by Crippen LogP contribution is 2.25. The molecule has 1 unspecified atom stereocenters. The predicted octanol–water partition coefficient (Wildman–Crippen LogP) is 3.06. The van der Waals surface area contributed by atoms with Crippen molar-refractivity contribution >= 4 is 21.8 Å². The second-order valence-electron chi connectivity index (χ2n) is 5.69. The molecular weight excluding hydrogens is 332 g/mol. The fourth-order valence-electron chi connectivity index (χ4n) is 2.63. The Bertz CT molecular complexity index is 499. The van der Waals surface area contributed by atoms with Gasteiger partial charge in [0.25, 0.3) is 5.91 Å². The molecule has 0 spiro atoms. The molecule has 1 atom stereocenters. The van der Waals surface area contributed by atoms with Crippen LogP contribution in [0.15, 0.2) is 22.7 Å². The lowest BCUT2D eigenvalue weighted by atomic mass is 10.1. The van der Waals surface area contributed by atoms with Gasteiger partial charge in [-0.2, -0.15) is 0 Å². The van der Waals surface area contributed by atoms with Crippen molar-refractivity contribution < 1.29 is 9.53 Å². The third-order valence-corrected chi connectivity index (χ3v) is 4.56. The van der Waals surface area contributed by atoms with Gasteiger partial charge in [-0.25, -0.2) is 0 Å². The monoisotopic (exact) mass is 354 g/mol. The second-order valence-corrected chi connectivity index (χ2v) is 6.54. The number of halogens is 1. The molecule has 1 aliphatic heterocycles. The van der Waals surface area contributed by atoms with Crippen molar-refractivity contribution in [1.82, 2.24) is 10.2 Å². The third kappa shape index (κ3) is 3.98. The van der Waals surface area contributed by atoms with Crippen molar-refractivity contribution in [3.63, 3.8) is 0 Å². The van der Waals surface area contributed by atoms with E-state index in [1.165, 1.54) is 6.42 Å². The van der Waals surface area contributed by atoms with Crippen molar-refractivity contribution in [2.75, 3.05) is 20.2 Å². The van der Waals surface area contributed by atoms with Crippen molar-refractivity contribution in [3.05, 3.63) is 28.2 Å². The number of amides is 1. The fourth-order valence-corrected chi connectivity index (χ4v) is 3.04. The first-order valence-corrected chi connectivity index (χ1v) is 8.20. The van der Waals surface area contributed by atoms with E-state index in [2.05, 4.69) is 35.1 Å². The van der Waals surface area contributed by atoms with Crippen LogP contribution in [0.4, 0.5) is 0 Å². The molecule has 0 aliphatic carbocycles. The quantitative estimate of drug-likeness (QED) is 0.883. The standard InChI is InChI=1S/C16H23BrN2O2/c1-11(2)19(10-12-5-4-8-18-12)16(20)14-9-13(21-3)6-7-15(14)17/h6-7,9,11-12,18H,4-5,8,10H2,1-3H3. The van der Waals surface area contributed by atoms with E-state index in [9.17, 15) is 4.79 Å². The van der Waals surface area contributed by atoms with Crippen LogP contribution in [0.25, 0.3) is 0 Å². The summed E-state index contributed by atoms with van der Waals surface area (Å²) in [5.41, 5.74) is 0.654. The van der Waals surface area contributed by atoms with Gasteiger partial charge >= 0.3 is 0 Å². The van der Waals surface area contributed by atoms with Crippen LogP contribution in [0.2, 0.25) is 0 Å². The fraction of sp³-hybridized carbons (Fsp3) is 0.562. The molecule has 0 bridgehead atoms. The minimum absolute atomic E-state index is 0.0458. The number of hydrogen-bond acceptors (Lipinski definition) is 3. The molecule has 1 fully saturated rings. The normalized spacial score (nSPS) is 18.0. The molecule has 2 rings (SSSR count). The van der Waals surface area contributed by atoms with Crippen molar-refractivity contribution in [1.29, 1.82) is 0 Å². The van der Waals surface area contributed by atoms with Crippen LogP contribution < -0.4 is 10.1 Å². The van der Waals surface area contributed by atoms with E-state index in [1.54, 1.807) is 13.2 Å². The summed E-state index contributed by atoms with van der Waals surface area (Å²) in [6.07, 6.45) is 2.32. The predicted molar refractivity (Wildman–Crippen MR) is 87.9 cm³/mol. The minimum Gasteiger partial charge on any atom is -0.497 e. The number of methoxy groups -OCH3 is 1. The van der Waals surface area contributed by atoms with Crippen LogP contribution in [0, 0.1) is 0 Å². The van der Waals surface area contributed by atoms with Gasteiger partial charge in [-0.3, -0.25) is 4.79 Å². The smallest absolute Gasteiger partial charge is 0.255 e. The highest BCUT2D eigenvalue weighted by molar-refractivity contribution is 9.10. The first-order valence-electron chi connectivity index (χ1n) is 7.40. The Balaban J connectivity index is 2.21. The van der Waals surface area contributed by atoms with Crippen LogP contribution >= 0.6 is 15.9 Å². The first kappa shape index (κ1) is 16.3. The lowest BCUT2D eigenvalue weighted by Gasteiger charge is -2.30. The molecule has 1 heterocycles. The molecule has 1 saturated heterocycles. The number of benzene rings is 1. The molecule has 0 saturated carbocycles. The number of nitrogens with zero attached hydrogens (tertiary/aromatic N) is 1. The van der Waals surface area contributed by atoms with E-state index in [0.717, 1.165) is 24.0 Å². The Kier molecular flexibility index (Phi) is 5.65. The van der Waals surface area contributed by atoms with Gasteiger partial charge in [-0.1, -0.05) is 0 Å². The van der Waals surface area contributed by atoms with Gasteiger partial charge in [0.05, 0.1) is 12.7 Å². The van der Waals surface area contributed by atoms with E-state index >= 15 is 0 Å². The molecule has 0 aromatic heterocycles. The maximum absolute atomic E-state index is 12.9. The minimum atomic E-state index is 0.0458. The molecular formula is C16H23BrN2O2. The van der Waals surface area contributed by atoms with Crippen molar-refractivity contribution in [3.8, 4) is 5.75 Å². The van der Waals surface area contributed by atoms with Gasteiger partial charge in [0.1, 0.15) is 5.75 Å². The number of rotatable bonds is 5. The first-order chi connectivity index (χ1) is 10.0. The topological polar surface area (TPSA) is 41.6 Å². The number of nitrogens with one attached hydrogen (secondary N) is 1. The van der Waals surface area contributed by atoms with Gasteiger partial charge < -0.3 is 15.0 Å². The Hall–Kier alpha value is -1.07. The molecule has 1 N–H and O–H groups in total. The lowest BCUT2D eigenvalue weighted by molar-refractivity contribution is 0.0688. The SMILES string of the molecule is COc1ccc(Br)c(C(=O)N(CC2CCCN2)C(C)C)c1. The highest BCUT2D eigenvalue weighted by atomic mass is 79.9. The Morgan fingerprint density at radius 2 is 2.29 bits per heavy atom. The van der Waals surface area contributed by atoms with E-state index in [0.29, 0.717) is 17.4 Å². The van der Waals surface area contributed by atoms with E-state index in [4.69, 9.17) is 4.74 Å². The number of ether oxygens (including phenoxy) is 1.